The summed E-state index contributed by atoms with van der Waals surface area (Å²) in [6.45, 7) is 1.33. The summed E-state index contributed by atoms with van der Waals surface area (Å²) < 4.78 is 42.8. The minimum Gasteiger partial charge on any atom is -0.449 e. The first-order valence-corrected chi connectivity index (χ1v) is 7.92. The highest BCUT2D eigenvalue weighted by molar-refractivity contribution is 7.99. The van der Waals surface area contributed by atoms with Crippen molar-refractivity contribution in [1.29, 1.82) is 0 Å². The lowest BCUT2D eigenvalue weighted by Crippen LogP contribution is -2.30. The lowest BCUT2D eigenvalue weighted by atomic mass is 10.2. The molecule has 1 heterocycles. The van der Waals surface area contributed by atoms with Gasteiger partial charge in [0.15, 0.2) is 6.10 Å². The largest absolute Gasteiger partial charge is 0.449 e. The third-order valence-electron chi connectivity index (χ3n) is 2.96. The molecule has 0 saturated carbocycles. The summed E-state index contributed by atoms with van der Waals surface area (Å²) in [6, 6.07) is 7.70. The SMILES string of the molecule is C[C@@H](OC(=O)c1cccnc1SC(F)F)C(=O)Nc1ccc(F)cc1. The highest BCUT2D eigenvalue weighted by atomic mass is 32.2. The summed E-state index contributed by atoms with van der Waals surface area (Å²) in [4.78, 5) is 27.8. The highest BCUT2D eigenvalue weighted by Gasteiger charge is 2.23. The summed E-state index contributed by atoms with van der Waals surface area (Å²) in [6.07, 6.45) is 0.0776. The van der Waals surface area contributed by atoms with Crippen LogP contribution in [0.3, 0.4) is 0 Å². The van der Waals surface area contributed by atoms with Gasteiger partial charge in [0.2, 0.25) is 0 Å². The van der Waals surface area contributed by atoms with Crippen molar-refractivity contribution in [3.8, 4) is 0 Å². The molecule has 0 aliphatic rings. The molecule has 5 nitrogen and oxygen atoms in total. The van der Waals surface area contributed by atoms with Crippen molar-refractivity contribution in [2.24, 2.45) is 0 Å². The van der Waals surface area contributed by atoms with Crippen molar-refractivity contribution in [2.75, 3.05) is 5.32 Å². The first kappa shape index (κ1) is 18.8. The molecule has 0 unspecified atom stereocenters. The number of hydrogen-bond donors (Lipinski definition) is 1. The molecule has 25 heavy (non-hydrogen) atoms. The fraction of sp³-hybridized carbons (Fsp3) is 0.188. The van der Waals surface area contributed by atoms with Gasteiger partial charge in [-0.15, -0.1) is 0 Å². The molecule has 0 spiro atoms. The van der Waals surface area contributed by atoms with Gasteiger partial charge in [0.25, 0.3) is 11.7 Å². The van der Waals surface area contributed by atoms with Crippen LogP contribution in [0.5, 0.6) is 0 Å². The number of benzene rings is 1. The van der Waals surface area contributed by atoms with Crippen LogP contribution in [-0.2, 0) is 9.53 Å². The lowest BCUT2D eigenvalue weighted by Gasteiger charge is -2.14. The fourth-order valence-corrected chi connectivity index (χ4v) is 2.35. The molecule has 1 N–H and O–H groups in total. The van der Waals surface area contributed by atoms with E-state index in [-0.39, 0.29) is 22.4 Å². The standard InChI is InChI=1S/C16H13F3N2O3S/c1-9(13(22)21-11-6-4-10(17)5-7-11)24-15(23)12-3-2-8-20-14(12)25-16(18)19/h2-9,16H,1H3,(H,21,22)/t9-/m1/s1. The molecule has 1 amide bonds. The zero-order valence-corrected chi connectivity index (χ0v) is 13.7. The average molecular weight is 370 g/mol. The number of hydrogen-bond acceptors (Lipinski definition) is 5. The summed E-state index contributed by atoms with van der Waals surface area (Å²) >= 11 is 0.111. The van der Waals surface area contributed by atoms with Crippen molar-refractivity contribution in [3.63, 3.8) is 0 Å². The Morgan fingerprint density at radius 1 is 1.20 bits per heavy atom. The van der Waals surface area contributed by atoms with Crippen LogP contribution in [0.2, 0.25) is 0 Å². The first-order valence-electron chi connectivity index (χ1n) is 7.04. The van der Waals surface area contributed by atoms with Crippen LogP contribution in [0.1, 0.15) is 17.3 Å². The van der Waals surface area contributed by atoms with E-state index in [2.05, 4.69) is 10.3 Å². The quantitative estimate of drug-likeness (QED) is 0.620. The van der Waals surface area contributed by atoms with Gasteiger partial charge in [0.1, 0.15) is 10.8 Å². The number of rotatable bonds is 6. The predicted octanol–water partition coefficient (Wildman–Crippen LogP) is 3.72. The van der Waals surface area contributed by atoms with E-state index >= 15 is 0 Å². The number of carbonyl (C=O) groups excluding carboxylic acids is 2. The topological polar surface area (TPSA) is 68.3 Å². The van der Waals surface area contributed by atoms with E-state index in [9.17, 15) is 22.8 Å². The monoisotopic (exact) mass is 370 g/mol. The molecule has 0 radical (unpaired) electrons. The third kappa shape index (κ3) is 5.49. The zero-order valence-electron chi connectivity index (χ0n) is 12.9. The maximum Gasteiger partial charge on any atom is 0.341 e. The number of nitrogens with one attached hydrogen (secondary N) is 1. The number of nitrogens with zero attached hydrogens (tertiary/aromatic N) is 1. The maximum absolute atomic E-state index is 12.8. The van der Waals surface area contributed by atoms with Gasteiger partial charge >= 0.3 is 5.97 Å². The number of ether oxygens (including phenoxy) is 1. The molecule has 1 aromatic heterocycles. The number of amides is 1. The van der Waals surface area contributed by atoms with Crippen LogP contribution >= 0.6 is 11.8 Å². The number of esters is 1. The number of aromatic nitrogens is 1. The minimum atomic E-state index is -2.75. The molecule has 0 aliphatic carbocycles. The van der Waals surface area contributed by atoms with Crippen molar-refractivity contribution >= 4 is 29.3 Å². The van der Waals surface area contributed by atoms with Gasteiger partial charge in [-0.1, -0.05) is 0 Å². The predicted molar refractivity (Wildman–Crippen MR) is 86.0 cm³/mol. The van der Waals surface area contributed by atoms with Gasteiger partial charge in [-0.3, -0.25) is 4.79 Å². The highest BCUT2D eigenvalue weighted by Crippen LogP contribution is 2.27. The first-order chi connectivity index (χ1) is 11.9. The molecule has 0 aliphatic heterocycles. The van der Waals surface area contributed by atoms with E-state index in [0.717, 1.165) is 12.1 Å². The Kier molecular flexibility index (Phi) is 6.40. The number of pyridine rings is 1. The second-order valence-corrected chi connectivity index (χ2v) is 5.76. The van der Waals surface area contributed by atoms with Crippen molar-refractivity contribution < 1.29 is 27.5 Å². The van der Waals surface area contributed by atoms with E-state index < -0.39 is 29.6 Å². The summed E-state index contributed by atoms with van der Waals surface area (Å²) in [5.74, 6) is -4.80. The molecule has 132 valence electrons. The number of thioether (sulfide) groups is 1. The van der Waals surface area contributed by atoms with Crippen molar-refractivity contribution in [3.05, 3.63) is 54.0 Å². The van der Waals surface area contributed by atoms with E-state index in [1.165, 1.54) is 37.4 Å². The van der Waals surface area contributed by atoms with Gasteiger partial charge < -0.3 is 10.1 Å². The van der Waals surface area contributed by atoms with Crippen molar-refractivity contribution in [2.45, 2.75) is 23.8 Å². The molecule has 0 fully saturated rings. The molecule has 1 aromatic carbocycles. The Labute approximate surface area is 145 Å². The maximum atomic E-state index is 12.8. The van der Waals surface area contributed by atoms with E-state index in [1.54, 1.807) is 0 Å². The van der Waals surface area contributed by atoms with Crippen molar-refractivity contribution in [1.82, 2.24) is 4.98 Å². The van der Waals surface area contributed by atoms with Gasteiger partial charge in [-0.25, -0.2) is 14.2 Å². The van der Waals surface area contributed by atoms with Crippen LogP contribution in [0.15, 0.2) is 47.6 Å². The number of alkyl halides is 2. The Balaban J connectivity index is 2.02. The Morgan fingerprint density at radius 3 is 2.52 bits per heavy atom. The Bertz CT molecular complexity index is 757. The number of halogens is 3. The molecule has 1 atom stereocenters. The molecule has 0 bridgehead atoms. The van der Waals surface area contributed by atoms with Gasteiger partial charge in [0, 0.05) is 11.9 Å². The van der Waals surface area contributed by atoms with Gasteiger partial charge in [-0.2, -0.15) is 8.78 Å². The smallest absolute Gasteiger partial charge is 0.341 e. The Hall–Kier alpha value is -2.55. The van der Waals surface area contributed by atoms with E-state index in [4.69, 9.17) is 4.74 Å². The molecule has 2 rings (SSSR count). The third-order valence-corrected chi connectivity index (χ3v) is 3.68. The zero-order chi connectivity index (χ0) is 18.4. The number of carbonyl (C=O) groups is 2. The fourth-order valence-electron chi connectivity index (χ4n) is 1.78. The normalized spacial score (nSPS) is 11.9. The lowest BCUT2D eigenvalue weighted by molar-refractivity contribution is -0.123. The molecule has 2 aromatic rings. The van der Waals surface area contributed by atoms with Crippen LogP contribution in [0.25, 0.3) is 0 Å². The van der Waals surface area contributed by atoms with Crippen LogP contribution in [-0.4, -0.2) is 28.7 Å². The molecule has 9 heteroatoms. The molecule has 0 saturated heterocycles. The average Bonchev–Trinajstić information content (AvgIpc) is 2.56. The second kappa shape index (κ2) is 8.52. The minimum absolute atomic E-state index is 0.111. The summed E-state index contributed by atoms with van der Waals surface area (Å²) in [5.41, 5.74) is 0.166. The van der Waals surface area contributed by atoms with E-state index in [0.29, 0.717) is 5.69 Å². The summed E-state index contributed by atoms with van der Waals surface area (Å²) in [5, 5.41) is 2.26. The van der Waals surface area contributed by atoms with Crippen LogP contribution in [0.4, 0.5) is 18.9 Å². The van der Waals surface area contributed by atoms with Crippen LogP contribution < -0.4 is 5.32 Å². The van der Waals surface area contributed by atoms with Gasteiger partial charge in [0.05, 0.1) is 5.56 Å². The number of anilines is 1. The molecular weight excluding hydrogens is 357 g/mol. The van der Waals surface area contributed by atoms with Crippen LogP contribution in [0, 0.1) is 5.82 Å². The Morgan fingerprint density at radius 2 is 1.88 bits per heavy atom. The second-order valence-electron chi connectivity index (χ2n) is 4.78. The molecular formula is C16H13F3N2O3S. The summed E-state index contributed by atoms with van der Waals surface area (Å²) in [7, 11) is 0. The van der Waals surface area contributed by atoms with Gasteiger partial charge in [-0.05, 0) is 55.1 Å². The van der Waals surface area contributed by atoms with E-state index in [1.807, 2.05) is 0 Å².